The van der Waals surface area contributed by atoms with E-state index < -0.39 is 11.7 Å². The van der Waals surface area contributed by atoms with Crippen LogP contribution in [0.5, 0.6) is 0 Å². The van der Waals surface area contributed by atoms with Gasteiger partial charge in [-0.25, -0.2) is 0 Å². The molecule has 2 amide bonds. The van der Waals surface area contributed by atoms with Gasteiger partial charge in [0.15, 0.2) is 0 Å². The number of amides is 2. The van der Waals surface area contributed by atoms with Crippen LogP contribution in [0, 0.1) is 0 Å². The highest BCUT2D eigenvalue weighted by Crippen LogP contribution is 2.32. The number of benzene rings is 3. The summed E-state index contributed by atoms with van der Waals surface area (Å²) in [5.41, 5.74) is 3.66. The van der Waals surface area contributed by atoms with Gasteiger partial charge < -0.3 is 15.1 Å². The molecule has 0 atom stereocenters. The largest absolute Gasteiger partial charge is 0.416 e. The van der Waals surface area contributed by atoms with E-state index in [2.05, 4.69) is 22.2 Å². The summed E-state index contributed by atoms with van der Waals surface area (Å²) in [7, 11) is 2.07. The number of piperazine rings is 1. The monoisotopic (exact) mass is 536 g/mol. The van der Waals surface area contributed by atoms with E-state index in [1.54, 1.807) is 24.3 Å². The minimum absolute atomic E-state index is 0.169. The van der Waals surface area contributed by atoms with Gasteiger partial charge in [-0.15, -0.1) is 0 Å². The smallest absolute Gasteiger partial charge is 0.339 e. The summed E-state index contributed by atoms with van der Waals surface area (Å²) < 4.78 is 38.9. The third-order valence-corrected chi connectivity index (χ3v) is 7.47. The molecule has 2 aliphatic rings. The van der Waals surface area contributed by atoms with E-state index in [4.69, 9.17) is 0 Å². The zero-order valence-electron chi connectivity index (χ0n) is 21.8. The fraction of sp³-hybridized carbons (Fsp3) is 0.333. The molecule has 3 aromatic carbocycles. The van der Waals surface area contributed by atoms with E-state index in [0.29, 0.717) is 35.5 Å². The van der Waals surface area contributed by atoms with Gasteiger partial charge in [-0.3, -0.25) is 14.5 Å². The van der Waals surface area contributed by atoms with Gasteiger partial charge in [-0.1, -0.05) is 36.4 Å². The number of nitrogens with zero attached hydrogens (tertiary/aromatic N) is 3. The van der Waals surface area contributed by atoms with Gasteiger partial charge >= 0.3 is 6.18 Å². The number of carbonyl (C=O) groups excluding carboxylic acids is 2. The third kappa shape index (κ3) is 6.32. The molecule has 3 aromatic rings. The highest BCUT2D eigenvalue weighted by atomic mass is 19.4. The Kier molecular flexibility index (Phi) is 7.72. The molecule has 1 fully saturated rings. The van der Waals surface area contributed by atoms with Gasteiger partial charge in [0.05, 0.1) is 12.1 Å². The Labute approximate surface area is 226 Å². The maximum atomic E-state index is 13.2. The number of anilines is 1. The standard InChI is InChI=1S/C30H31F3N4O2/c1-35-14-16-37(17-15-35)28(38)20-36-13-12-22-18-25(11-8-23(22)19-36)34-29(39)27-5-3-2-4-26(27)21-6-9-24(10-7-21)30(31,32)33/h2-11,18H,12-17,19-20H2,1H3,(H,34,39). The number of hydrogen-bond donors (Lipinski definition) is 1. The second kappa shape index (κ2) is 11.2. The first-order valence-corrected chi connectivity index (χ1v) is 13.1. The van der Waals surface area contributed by atoms with Crippen molar-refractivity contribution in [3.63, 3.8) is 0 Å². The Morgan fingerprint density at radius 1 is 0.872 bits per heavy atom. The maximum Gasteiger partial charge on any atom is 0.416 e. The van der Waals surface area contributed by atoms with E-state index in [-0.39, 0.29) is 11.8 Å². The third-order valence-electron chi connectivity index (χ3n) is 7.47. The van der Waals surface area contributed by atoms with Crippen LogP contribution in [0.1, 0.15) is 27.0 Å². The minimum atomic E-state index is -4.42. The molecule has 0 spiro atoms. The molecule has 204 valence electrons. The van der Waals surface area contributed by atoms with Gasteiger partial charge in [0, 0.05) is 50.5 Å². The molecular weight excluding hydrogens is 505 g/mol. The molecule has 0 bridgehead atoms. The number of alkyl halides is 3. The zero-order chi connectivity index (χ0) is 27.6. The molecule has 0 unspecified atom stereocenters. The highest BCUT2D eigenvalue weighted by Gasteiger charge is 2.30. The lowest BCUT2D eigenvalue weighted by molar-refractivity contribution is -0.137. The van der Waals surface area contributed by atoms with Gasteiger partial charge in [-0.2, -0.15) is 13.2 Å². The number of halogens is 3. The summed E-state index contributed by atoms with van der Waals surface area (Å²) in [4.78, 5) is 32.3. The molecule has 0 saturated carbocycles. The average molecular weight is 537 g/mol. The van der Waals surface area contributed by atoms with E-state index >= 15 is 0 Å². The van der Waals surface area contributed by atoms with Crippen LogP contribution in [0.4, 0.5) is 18.9 Å². The second-order valence-electron chi connectivity index (χ2n) is 10.2. The Balaban J connectivity index is 1.24. The summed E-state index contributed by atoms with van der Waals surface area (Å²) >= 11 is 0. The fourth-order valence-electron chi connectivity index (χ4n) is 5.14. The number of hydrogen-bond acceptors (Lipinski definition) is 4. The predicted octanol–water partition coefficient (Wildman–Crippen LogP) is 4.76. The normalized spacial score (nSPS) is 16.6. The van der Waals surface area contributed by atoms with Crippen molar-refractivity contribution < 1.29 is 22.8 Å². The fourth-order valence-corrected chi connectivity index (χ4v) is 5.14. The van der Waals surface area contributed by atoms with E-state index in [1.165, 1.54) is 12.1 Å². The van der Waals surface area contributed by atoms with E-state index in [9.17, 15) is 22.8 Å². The number of rotatable bonds is 5. The van der Waals surface area contributed by atoms with Crippen LogP contribution in [0.25, 0.3) is 11.1 Å². The maximum absolute atomic E-state index is 13.2. The molecule has 2 aliphatic heterocycles. The first-order chi connectivity index (χ1) is 18.7. The predicted molar refractivity (Wildman–Crippen MR) is 144 cm³/mol. The lowest BCUT2D eigenvalue weighted by Crippen LogP contribution is -2.50. The van der Waals surface area contributed by atoms with Crippen LogP contribution >= 0.6 is 0 Å². The SMILES string of the molecule is CN1CCN(C(=O)CN2CCc3cc(NC(=O)c4ccccc4-c4ccc(C(F)(F)F)cc4)ccc3C2)CC1. The molecule has 1 saturated heterocycles. The van der Waals surface area contributed by atoms with Gasteiger partial charge in [-0.05, 0) is 66.1 Å². The highest BCUT2D eigenvalue weighted by molar-refractivity contribution is 6.08. The Morgan fingerprint density at radius 3 is 2.31 bits per heavy atom. The minimum Gasteiger partial charge on any atom is -0.339 e. The summed E-state index contributed by atoms with van der Waals surface area (Å²) in [6.07, 6.45) is -3.64. The van der Waals surface area contributed by atoms with Crippen LogP contribution in [-0.4, -0.2) is 72.8 Å². The van der Waals surface area contributed by atoms with E-state index in [1.807, 2.05) is 23.1 Å². The lowest BCUT2D eigenvalue weighted by Gasteiger charge is -2.35. The number of nitrogens with one attached hydrogen (secondary N) is 1. The van der Waals surface area contributed by atoms with Crippen LogP contribution in [0.15, 0.2) is 66.7 Å². The van der Waals surface area contributed by atoms with Crippen molar-refractivity contribution in [2.75, 3.05) is 51.6 Å². The molecule has 5 rings (SSSR count). The van der Waals surface area contributed by atoms with Crippen molar-refractivity contribution in [2.45, 2.75) is 19.1 Å². The van der Waals surface area contributed by atoms with Gasteiger partial charge in [0.2, 0.25) is 5.91 Å². The molecule has 9 heteroatoms. The van der Waals surface area contributed by atoms with Gasteiger partial charge in [0.1, 0.15) is 0 Å². The molecule has 2 heterocycles. The summed E-state index contributed by atoms with van der Waals surface area (Å²) in [6, 6.07) is 17.5. The lowest BCUT2D eigenvalue weighted by atomic mass is 9.97. The van der Waals surface area contributed by atoms with Crippen molar-refractivity contribution in [2.24, 2.45) is 0 Å². The van der Waals surface area contributed by atoms with Crippen molar-refractivity contribution in [1.82, 2.24) is 14.7 Å². The van der Waals surface area contributed by atoms with Crippen molar-refractivity contribution in [1.29, 1.82) is 0 Å². The first-order valence-electron chi connectivity index (χ1n) is 13.1. The second-order valence-corrected chi connectivity index (χ2v) is 10.2. The molecule has 39 heavy (non-hydrogen) atoms. The molecule has 0 aromatic heterocycles. The quantitative estimate of drug-likeness (QED) is 0.511. The first kappa shape index (κ1) is 26.9. The van der Waals surface area contributed by atoms with Crippen LogP contribution in [0.2, 0.25) is 0 Å². The number of carbonyl (C=O) groups is 2. The summed E-state index contributed by atoms with van der Waals surface area (Å²) in [5, 5.41) is 2.95. The van der Waals surface area contributed by atoms with E-state index in [0.717, 1.165) is 62.4 Å². The Morgan fingerprint density at radius 2 is 1.59 bits per heavy atom. The Bertz CT molecular complexity index is 1350. The Hall–Kier alpha value is -3.69. The van der Waals surface area contributed by atoms with Crippen molar-refractivity contribution >= 4 is 17.5 Å². The average Bonchev–Trinajstić information content (AvgIpc) is 2.93. The van der Waals surface area contributed by atoms with Gasteiger partial charge in [0.25, 0.3) is 5.91 Å². The molecule has 6 nitrogen and oxygen atoms in total. The molecule has 0 aliphatic carbocycles. The zero-order valence-corrected chi connectivity index (χ0v) is 21.8. The molecule has 1 N–H and O–H groups in total. The van der Waals surface area contributed by atoms with Crippen LogP contribution in [-0.2, 0) is 23.9 Å². The summed E-state index contributed by atoms with van der Waals surface area (Å²) in [5.74, 6) is -0.164. The van der Waals surface area contributed by atoms with Crippen molar-refractivity contribution in [3.8, 4) is 11.1 Å². The molecule has 0 radical (unpaired) electrons. The number of likely N-dealkylation sites (N-methyl/N-ethyl adjacent to an activating group) is 1. The van der Waals surface area contributed by atoms with Crippen LogP contribution < -0.4 is 5.32 Å². The topological polar surface area (TPSA) is 55.9 Å². The number of fused-ring (bicyclic) bond motifs is 1. The van der Waals surface area contributed by atoms with Crippen LogP contribution in [0.3, 0.4) is 0 Å². The van der Waals surface area contributed by atoms with Crippen molar-refractivity contribution in [3.05, 3.63) is 89.0 Å². The molecular formula is C30H31F3N4O2. The summed E-state index contributed by atoms with van der Waals surface area (Å²) in [6.45, 7) is 5.19.